The zero-order valence-electron chi connectivity index (χ0n) is 13.1. The summed E-state index contributed by atoms with van der Waals surface area (Å²) in [6.45, 7) is 3.26. The lowest BCUT2D eigenvalue weighted by Gasteiger charge is -2.42. The summed E-state index contributed by atoms with van der Waals surface area (Å²) in [5.74, 6) is 0. The van der Waals surface area contributed by atoms with Crippen molar-refractivity contribution < 1.29 is 9.36 Å². The van der Waals surface area contributed by atoms with E-state index >= 15 is 0 Å². The zero-order chi connectivity index (χ0) is 16.3. The SMILES string of the molecule is CC1C(C=O)NCCN1P(=O)(c1ccccc1)c1ccccc1. The smallest absolute Gasteiger partial charge is 0.207 e. The van der Waals surface area contributed by atoms with Gasteiger partial charge in [0.1, 0.15) is 6.29 Å². The standard InChI is InChI=1S/C18H21N2O2P/c1-15-18(14-21)19-12-13-20(15)23(22,16-8-4-2-5-9-16)17-10-6-3-7-11-17/h2-11,14-15,18-19H,12-13H2,1H3. The molecule has 0 amide bonds. The van der Waals surface area contributed by atoms with Gasteiger partial charge in [-0.25, -0.2) is 4.67 Å². The maximum atomic E-state index is 14.2. The molecule has 0 bridgehead atoms. The van der Waals surface area contributed by atoms with Crippen LogP contribution in [-0.4, -0.2) is 36.1 Å². The number of nitrogens with zero attached hydrogens (tertiary/aromatic N) is 1. The van der Waals surface area contributed by atoms with Crippen LogP contribution < -0.4 is 15.9 Å². The van der Waals surface area contributed by atoms with E-state index in [1.807, 2.05) is 72.3 Å². The molecule has 2 aromatic rings. The highest BCUT2D eigenvalue weighted by molar-refractivity contribution is 7.76. The Morgan fingerprint density at radius 3 is 2.04 bits per heavy atom. The molecule has 2 atom stereocenters. The molecule has 1 aliphatic rings. The Hall–Kier alpha value is -1.74. The molecular weight excluding hydrogens is 307 g/mol. The van der Waals surface area contributed by atoms with Crippen LogP contribution in [0.4, 0.5) is 0 Å². The van der Waals surface area contributed by atoms with Gasteiger partial charge in [0, 0.05) is 29.7 Å². The van der Waals surface area contributed by atoms with Crippen LogP contribution in [0.1, 0.15) is 6.92 Å². The molecule has 0 aromatic heterocycles. The van der Waals surface area contributed by atoms with Crippen molar-refractivity contribution in [3.05, 3.63) is 60.7 Å². The van der Waals surface area contributed by atoms with Gasteiger partial charge in [-0.1, -0.05) is 36.4 Å². The summed E-state index contributed by atoms with van der Waals surface area (Å²) in [6, 6.07) is 18.7. The van der Waals surface area contributed by atoms with Gasteiger partial charge >= 0.3 is 0 Å². The summed E-state index contributed by atoms with van der Waals surface area (Å²) in [4.78, 5) is 11.3. The monoisotopic (exact) mass is 328 g/mol. The number of piperazine rings is 1. The van der Waals surface area contributed by atoms with Gasteiger partial charge in [-0.05, 0) is 31.2 Å². The Bertz CT molecular complexity index is 662. The topological polar surface area (TPSA) is 49.4 Å². The van der Waals surface area contributed by atoms with Crippen LogP contribution in [0.5, 0.6) is 0 Å². The van der Waals surface area contributed by atoms with Gasteiger partial charge in [-0.15, -0.1) is 0 Å². The number of aldehydes is 1. The second-order valence-electron chi connectivity index (χ2n) is 5.77. The van der Waals surface area contributed by atoms with E-state index in [4.69, 9.17) is 0 Å². The van der Waals surface area contributed by atoms with E-state index in [-0.39, 0.29) is 12.1 Å². The summed E-state index contributed by atoms with van der Waals surface area (Å²) in [5.41, 5.74) is 0. The second-order valence-corrected chi connectivity index (χ2v) is 8.47. The van der Waals surface area contributed by atoms with E-state index in [9.17, 15) is 9.36 Å². The fourth-order valence-electron chi connectivity index (χ4n) is 3.17. The molecule has 1 saturated heterocycles. The lowest BCUT2D eigenvalue weighted by atomic mass is 10.1. The molecule has 3 rings (SSSR count). The van der Waals surface area contributed by atoms with Gasteiger partial charge in [0.25, 0.3) is 0 Å². The molecular formula is C18H21N2O2P. The lowest BCUT2D eigenvalue weighted by molar-refractivity contribution is -0.111. The molecule has 1 fully saturated rings. The van der Waals surface area contributed by atoms with Crippen LogP contribution in [0, 0.1) is 0 Å². The van der Waals surface area contributed by atoms with Gasteiger partial charge in [0.2, 0.25) is 7.29 Å². The van der Waals surface area contributed by atoms with Crippen molar-refractivity contribution in [2.75, 3.05) is 13.1 Å². The number of nitrogens with one attached hydrogen (secondary N) is 1. The van der Waals surface area contributed by atoms with E-state index in [2.05, 4.69) is 5.32 Å². The number of carbonyl (C=O) groups is 1. The maximum absolute atomic E-state index is 14.2. The minimum Gasteiger partial charge on any atom is -0.305 e. The van der Waals surface area contributed by atoms with E-state index in [0.717, 1.165) is 16.9 Å². The first kappa shape index (κ1) is 16.1. The Kier molecular flexibility index (Phi) is 4.76. The fourth-order valence-corrected chi connectivity index (χ4v) is 6.25. The lowest BCUT2D eigenvalue weighted by Crippen LogP contribution is -2.57. The molecule has 2 unspecified atom stereocenters. The van der Waals surface area contributed by atoms with Crippen molar-refractivity contribution in [2.45, 2.75) is 19.0 Å². The molecule has 0 radical (unpaired) electrons. The molecule has 120 valence electrons. The Morgan fingerprint density at radius 1 is 1.04 bits per heavy atom. The number of carbonyl (C=O) groups excluding carboxylic acids is 1. The van der Waals surface area contributed by atoms with Crippen molar-refractivity contribution in [3.8, 4) is 0 Å². The average molecular weight is 328 g/mol. The van der Waals surface area contributed by atoms with E-state index in [0.29, 0.717) is 13.1 Å². The first-order valence-corrected chi connectivity index (χ1v) is 9.51. The number of benzene rings is 2. The third-order valence-electron chi connectivity index (χ3n) is 4.43. The number of hydrogen-bond acceptors (Lipinski definition) is 3. The molecule has 0 aliphatic carbocycles. The molecule has 0 spiro atoms. The Balaban J connectivity index is 2.13. The quantitative estimate of drug-likeness (QED) is 0.687. The van der Waals surface area contributed by atoms with Crippen LogP contribution in [0.25, 0.3) is 0 Å². The first-order valence-electron chi connectivity index (χ1n) is 7.85. The molecule has 5 heteroatoms. The summed E-state index contributed by atoms with van der Waals surface area (Å²) in [7, 11) is -2.97. The second kappa shape index (κ2) is 6.79. The largest absolute Gasteiger partial charge is 0.305 e. The van der Waals surface area contributed by atoms with Gasteiger partial charge in [0.15, 0.2) is 0 Å². The fraction of sp³-hybridized carbons (Fsp3) is 0.278. The number of rotatable bonds is 4. The third-order valence-corrected chi connectivity index (χ3v) is 7.72. The van der Waals surface area contributed by atoms with Crippen LogP contribution in [0.2, 0.25) is 0 Å². The van der Waals surface area contributed by atoms with Gasteiger partial charge in [-0.2, -0.15) is 0 Å². The highest BCUT2D eigenvalue weighted by Crippen LogP contribution is 2.49. The van der Waals surface area contributed by atoms with Gasteiger partial charge < -0.3 is 10.1 Å². The normalized spacial score (nSPS) is 22.7. The van der Waals surface area contributed by atoms with E-state index in [1.165, 1.54) is 0 Å². The van der Waals surface area contributed by atoms with Gasteiger partial charge in [-0.3, -0.25) is 4.57 Å². The molecule has 4 nitrogen and oxygen atoms in total. The summed E-state index contributed by atoms with van der Waals surface area (Å²) >= 11 is 0. The van der Waals surface area contributed by atoms with Gasteiger partial charge in [0.05, 0.1) is 6.04 Å². The van der Waals surface area contributed by atoms with Crippen LogP contribution in [-0.2, 0) is 9.36 Å². The van der Waals surface area contributed by atoms with E-state index < -0.39 is 7.29 Å². The highest BCUT2D eigenvalue weighted by atomic mass is 31.2. The summed E-state index contributed by atoms with van der Waals surface area (Å²) in [6.07, 6.45) is 0.914. The predicted octanol–water partition coefficient (Wildman–Crippen LogP) is 1.78. The molecule has 0 saturated carbocycles. The highest BCUT2D eigenvalue weighted by Gasteiger charge is 2.41. The minimum atomic E-state index is -2.97. The van der Waals surface area contributed by atoms with Crippen molar-refractivity contribution in [1.82, 2.24) is 9.99 Å². The first-order chi connectivity index (χ1) is 11.2. The van der Waals surface area contributed by atoms with Crippen molar-refractivity contribution in [1.29, 1.82) is 0 Å². The van der Waals surface area contributed by atoms with Crippen molar-refractivity contribution >= 4 is 24.2 Å². The maximum Gasteiger partial charge on any atom is 0.207 e. The molecule has 23 heavy (non-hydrogen) atoms. The predicted molar refractivity (Wildman–Crippen MR) is 93.8 cm³/mol. The third kappa shape index (κ3) is 2.90. The Morgan fingerprint density at radius 2 is 1.57 bits per heavy atom. The van der Waals surface area contributed by atoms with Crippen LogP contribution in [0.15, 0.2) is 60.7 Å². The zero-order valence-corrected chi connectivity index (χ0v) is 14.0. The molecule has 1 heterocycles. The van der Waals surface area contributed by atoms with Crippen molar-refractivity contribution in [2.24, 2.45) is 0 Å². The number of hydrogen-bond donors (Lipinski definition) is 1. The minimum absolute atomic E-state index is 0.132. The molecule has 2 aromatic carbocycles. The summed E-state index contributed by atoms with van der Waals surface area (Å²) in [5, 5.41) is 4.81. The average Bonchev–Trinajstić information content (AvgIpc) is 2.63. The summed E-state index contributed by atoms with van der Waals surface area (Å²) < 4.78 is 16.2. The van der Waals surface area contributed by atoms with Crippen LogP contribution >= 0.6 is 7.29 Å². The van der Waals surface area contributed by atoms with Crippen LogP contribution in [0.3, 0.4) is 0 Å². The Labute approximate surface area is 136 Å². The van der Waals surface area contributed by atoms with Crippen molar-refractivity contribution in [3.63, 3.8) is 0 Å². The molecule has 1 aliphatic heterocycles. The van der Waals surface area contributed by atoms with E-state index in [1.54, 1.807) is 0 Å². The molecule has 1 N–H and O–H groups in total.